The van der Waals surface area contributed by atoms with Crippen molar-refractivity contribution in [2.24, 2.45) is 0 Å². The van der Waals surface area contributed by atoms with Crippen LogP contribution in [0.3, 0.4) is 0 Å². The quantitative estimate of drug-likeness (QED) is 0.834. The van der Waals surface area contributed by atoms with E-state index in [1.807, 2.05) is 0 Å². The predicted octanol–water partition coefficient (Wildman–Crippen LogP) is 1.28. The number of aromatic nitrogens is 1. The second kappa shape index (κ2) is 4.52. The average molecular weight is 227 g/mol. The summed E-state index contributed by atoms with van der Waals surface area (Å²) in [5.41, 5.74) is -0.163. The highest BCUT2D eigenvalue weighted by molar-refractivity contribution is 5.87. The highest BCUT2D eigenvalue weighted by Crippen LogP contribution is 2.29. The van der Waals surface area contributed by atoms with Crippen molar-refractivity contribution in [2.45, 2.75) is 19.3 Å². The first-order chi connectivity index (χ1) is 7.72. The van der Waals surface area contributed by atoms with E-state index in [-0.39, 0.29) is 17.6 Å². The minimum atomic E-state index is -1.14. The summed E-state index contributed by atoms with van der Waals surface area (Å²) < 4.78 is 15.6. The maximum atomic E-state index is 10.9. The smallest absolute Gasteiger partial charge is 0.362 e. The third-order valence-corrected chi connectivity index (χ3v) is 2.37. The molecule has 6 heteroatoms. The van der Waals surface area contributed by atoms with Crippen molar-refractivity contribution in [1.82, 2.24) is 4.98 Å². The van der Waals surface area contributed by atoms with Gasteiger partial charge >= 0.3 is 11.9 Å². The van der Waals surface area contributed by atoms with E-state index < -0.39 is 5.97 Å². The van der Waals surface area contributed by atoms with Gasteiger partial charge in [-0.3, -0.25) is 0 Å². The van der Waals surface area contributed by atoms with E-state index in [0.717, 1.165) is 6.42 Å². The topological polar surface area (TPSA) is 81.8 Å². The molecule has 0 saturated carbocycles. The SMILES string of the molecule is CCOc1oc(C2CCOC2)nc1C(=O)O. The summed E-state index contributed by atoms with van der Waals surface area (Å²) in [6.45, 7) is 3.27. The van der Waals surface area contributed by atoms with Crippen molar-refractivity contribution in [2.75, 3.05) is 19.8 Å². The molecule has 1 unspecified atom stereocenters. The van der Waals surface area contributed by atoms with Gasteiger partial charge in [0.25, 0.3) is 0 Å². The number of ether oxygens (including phenoxy) is 2. The highest BCUT2D eigenvalue weighted by atomic mass is 16.6. The van der Waals surface area contributed by atoms with E-state index in [1.165, 1.54) is 0 Å². The number of carboxylic acids is 1. The van der Waals surface area contributed by atoms with Gasteiger partial charge in [-0.1, -0.05) is 0 Å². The summed E-state index contributed by atoms with van der Waals surface area (Å²) in [7, 11) is 0. The molecule has 2 heterocycles. The molecular weight excluding hydrogens is 214 g/mol. The number of aromatic carboxylic acids is 1. The first-order valence-corrected chi connectivity index (χ1v) is 5.17. The molecule has 0 aliphatic carbocycles. The second-order valence-electron chi connectivity index (χ2n) is 3.49. The fourth-order valence-electron chi connectivity index (χ4n) is 1.59. The third-order valence-electron chi connectivity index (χ3n) is 2.37. The molecule has 1 fully saturated rings. The van der Waals surface area contributed by atoms with Crippen LogP contribution in [0.5, 0.6) is 5.95 Å². The van der Waals surface area contributed by atoms with Crippen LogP contribution in [0.25, 0.3) is 0 Å². The maximum absolute atomic E-state index is 10.9. The standard InChI is InChI=1S/C10H13NO5/c1-2-15-10-7(9(12)13)11-8(16-10)6-3-4-14-5-6/h6H,2-5H2,1H3,(H,12,13). The number of carbonyl (C=O) groups is 1. The molecule has 1 aliphatic heterocycles. The van der Waals surface area contributed by atoms with Gasteiger partial charge in [0.15, 0.2) is 0 Å². The van der Waals surface area contributed by atoms with Crippen molar-refractivity contribution < 1.29 is 23.8 Å². The van der Waals surface area contributed by atoms with Gasteiger partial charge in [-0.2, -0.15) is 0 Å². The number of nitrogens with zero attached hydrogens (tertiary/aromatic N) is 1. The van der Waals surface area contributed by atoms with E-state index in [1.54, 1.807) is 6.92 Å². The molecule has 16 heavy (non-hydrogen) atoms. The molecule has 1 atom stereocenters. The fraction of sp³-hybridized carbons (Fsp3) is 0.600. The number of rotatable bonds is 4. The monoisotopic (exact) mass is 227 g/mol. The third kappa shape index (κ3) is 2.01. The van der Waals surface area contributed by atoms with Crippen molar-refractivity contribution in [3.63, 3.8) is 0 Å². The zero-order valence-electron chi connectivity index (χ0n) is 8.93. The zero-order valence-corrected chi connectivity index (χ0v) is 8.93. The van der Waals surface area contributed by atoms with E-state index in [0.29, 0.717) is 25.7 Å². The predicted molar refractivity (Wildman–Crippen MR) is 52.8 cm³/mol. The lowest BCUT2D eigenvalue weighted by molar-refractivity contribution is 0.0683. The Balaban J connectivity index is 2.26. The van der Waals surface area contributed by atoms with Crippen LogP contribution >= 0.6 is 0 Å². The molecule has 6 nitrogen and oxygen atoms in total. The minimum Gasteiger partial charge on any atom is -0.476 e. The number of oxazole rings is 1. The first kappa shape index (κ1) is 10.9. The van der Waals surface area contributed by atoms with E-state index in [4.69, 9.17) is 19.0 Å². The van der Waals surface area contributed by atoms with Gasteiger partial charge in [0.1, 0.15) is 0 Å². The van der Waals surface area contributed by atoms with Crippen molar-refractivity contribution in [3.8, 4) is 5.95 Å². The van der Waals surface area contributed by atoms with Crippen LogP contribution in [-0.4, -0.2) is 35.9 Å². The van der Waals surface area contributed by atoms with Gasteiger partial charge in [-0.15, -0.1) is 0 Å². The molecule has 0 amide bonds. The Morgan fingerprint density at radius 2 is 2.50 bits per heavy atom. The van der Waals surface area contributed by atoms with E-state index in [9.17, 15) is 4.79 Å². The molecule has 1 aromatic rings. The van der Waals surface area contributed by atoms with Crippen LogP contribution in [0.15, 0.2) is 4.42 Å². The molecule has 1 aromatic heterocycles. The van der Waals surface area contributed by atoms with E-state index in [2.05, 4.69) is 4.98 Å². The second-order valence-corrected chi connectivity index (χ2v) is 3.49. The molecule has 0 spiro atoms. The number of carboxylic acid groups (broad SMARTS) is 1. The van der Waals surface area contributed by atoms with Gasteiger partial charge < -0.3 is 19.0 Å². The normalized spacial score (nSPS) is 19.9. The van der Waals surface area contributed by atoms with Gasteiger partial charge in [0.05, 0.1) is 19.1 Å². The van der Waals surface area contributed by atoms with Gasteiger partial charge in [-0.25, -0.2) is 9.78 Å². The molecule has 2 rings (SSSR count). The molecule has 1 N–H and O–H groups in total. The molecule has 0 bridgehead atoms. The summed E-state index contributed by atoms with van der Waals surface area (Å²) in [6, 6.07) is 0. The average Bonchev–Trinajstić information content (AvgIpc) is 2.83. The zero-order chi connectivity index (χ0) is 11.5. The summed E-state index contributed by atoms with van der Waals surface area (Å²) in [4.78, 5) is 14.8. The highest BCUT2D eigenvalue weighted by Gasteiger charge is 2.28. The molecule has 0 radical (unpaired) electrons. The van der Waals surface area contributed by atoms with Crippen LogP contribution in [0, 0.1) is 0 Å². The Morgan fingerprint density at radius 1 is 1.69 bits per heavy atom. The van der Waals surface area contributed by atoms with Crippen molar-refractivity contribution in [1.29, 1.82) is 0 Å². The van der Waals surface area contributed by atoms with Crippen LogP contribution in [0.2, 0.25) is 0 Å². The minimum absolute atomic E-state index is 0.0168. The summed E-state index contributed by atoms with van der Waals surface area (Å²) >= 11 is 0. The molecule has 0 aromatic carbocycles. The molecular formula is C10H13NO5. The first-order valence-electron chi connectivity index (χ1n) is 5.17. The lowest BCUT2D eigenvalue weighted by Gasteiger charge is -2.00. The molecule has 1 aliphatic rings. The Morgan fingerprint density at radius 3 is 3.06 bits per heavy atom. The number of hydrogen-bond donors (Lipinski definition) is 1. The van der Waals surface area contributed by atoms with Crippen LogP contribution in [0.1, 0.15) is 35.6 Å². The lowest BCUT2D eigenvalue weighted by atomic mass is 10.1. The number of hydrogen-bond acceptors (Lipinski definition) is 5. The summed E-state index contributed by atoms with van der Waals surface area (Å²) in [6.07, 6.45) is 0.797. The van der Waals surface area contributed by atoms with Crippen LogP contribution in [0.4, 0.5) is 0 Å². The van der Waals surface area contributed by atoms with Crippen LogP contribution < -0.4 is 4.74 Å². The Kier molecular flexibility index (Phi) is 3.09. The maximum Gasteiger partial charge on any atom is 0.362 e. The fourth-order valence-corrected chi connectivity index (χ4v) is 1.59. The van der Waals surface area contributed by atoms with Gasteiger partial charge in [0.2, 0.25) is 11.6 Å². The largest absolute Gasteiger partial charge is 0.476 e. The lowest BCUT2D eigenvalue weighted by Crippen LogP contribution is -2.02. The Bertz CT molecular complexity index is 381. The summed E-state index contributed by atoms with van der Waals surface area (Å²) in [5.74, 6) is -0.736. The molecule has 88 valence electrons. The van der Waals surface area contributed by atoms with Crippen molar-refractivity contribution in [3.05, 3.63) is 11.6 Å². The summed E-state index contributed by atoms with van der Waals surface area (Å²) in [5, 5.41) is 8.91. The van der Waals surface area contributed by atoms with Gasteiger partial charge in [0, 0.05) is 6.61 Å². The molecule has 1 saturated heterocycles. The van der Waals surface area contributed by atoms with Crippen LogP contribution in [-0.2, 0) is 4.74 Å². The Hall–Kier alpha value is -1.56. The van der Waals surface area contributed by atoms with Gasteiger partial charge in [-0.05, 0) is 13.3 Å². The van der Waals surface area contributed by atoms with E-state index >= 15 is 0 Å². The van der Waals surface area contributed by atoms with Crippen molar-refractivity contribution >= 4 is 5.97 Å². The Labute approximate surface area is 92.2 Å².